The number of methoxy groups -OCH3 is 1. The molecule has 0 aliphatic heterocycles. The smallest absolute Gasteiger partial charge is 0.359 e. The van der Waals surface area contributed by atoms with Gasteiger partial charge in [0.05, 0.1) is 17.3 Å². The zero-order chi connectivity index (χ0) is 11.8. The molecular formula is C10H15BrN2O2. The number of aromatic nitrogens is 2. The Morgan fingerprint density at radius 1 is 1.47 bits per heavy atom. The first-order chi connectivity index (χ1) is 6.79. The van der Waals surface area contributed by atoms with Crippen molar-refractivity contribution in [3.05, 3.63) is 15.9 Å². The molecule has 1 heterocycles. The average Bonchev–Trinajstić information content (AvgIpc) is 2.39. The second kappa shape index (κ2) is 3.96. The second-order valence-electron chi connectivity index (χ2n) is 4.38. The van der Waals surface area contributed by atoms with Crippen LogP contribution in [0.1, 0.15) is 37.0 Å². The number of ether oxygens (including phenoxy) is 1. The van der Waals surface area contributed by atoms with Crippen molar-refractivity contribution in [2.24, 2.45) is 7.05 Å². The van der Waals surface area contributed by atoms with Gasteiger partial charge in [-0.2, -0.15) is 5.10 Å². The standard InChI is InChI=1S/C10H15BrN2O2/c1-10(2,3)8-6(11)7(9(14)15-5)12-13(8)4/h1-5H3. The Morgan fingerprint density at radius 3 is 2.33 bits per heavy atom. The van der Waals surface area contributed by atoms with E-state index in [1.807, 2.05) is 7.05 Å². The number of rotatable bonds is 1. The Balaban J connectivity index is 3.33. The monoisotopic (exact) mass is 274 g/mol. The average molecular weight is 275 g/mol. The SMILES string of the molecule is COC(=O)c1nn(C)c(C(C)(C)C)c1Br. The molecule has 0 aromatic carbocycles. The van der Waals surface area contributed by atoms with Gasteiger partial charge in [-0.05, 0) is 15.9 Å². The third-order valence-corrected chi connectivity index (χ3v) is 2.83. The van der Waals surface area contributed by atoms with Crippen molar-refractivity contribution >= 4 is 21.9 Å². The van der Waals surface area contributed by atoms with Gasteiger partial charge in [-0.3, -0.25) is 4.68 Å². The fourth-order valence-corrected chi connectivity index (χ4v) is 2.63. The summed E-state index contributed by atoms with van der Waals surface area (Å²) in [4.78, 5) is 11.4. The Bertz CT molecular complexity index is 391. The van der Waals surface area contributed by atoms with Crippen LogP contribution in [-0.2, 0) is 17.2 Å². The van der Waals surface area contributed by atoms with E-state index in [2.05, 4.69) is 46.5 Å². The van der Waals surface area contributed by atoms with Gasteiger partial charge in [0.2, 0.25) is 0 Å². The fourth-order valence-electron chi connectivity index (χ4n) is 1.54. The van der Waals surface area contributed by atoms with Crippen molar-refractivity contribution in [2.75, 3.05) is 7.11 Å². The number of hydrogen-bond donors (Lipinski definition) is 0. The van der Waals surface area contributed by atoms with Gasteiger partial charge in [-0.1, -0.05) is 20.8 Å². The van der Waals surface area contributed by atoms with Crippen molar-refractivity contribution in [1.29, 1.82) is 0 Å². The topological polar surface area (TPSA) is 44.1 Å². The summed E-state index contributed by atoms with van der Waals surface area (Å²) in [6.07, 6.45) is 0. The van der Waals surface area contributed by atoms with E-state index in [0.717, 1.165) is 5.69 Å². The van der Waals surface area contributed by atoms with E-state index in [0.29, 0.717) is 10.2 Å². The molecule has 1 aromatic rings. The van der Waals surface area contributed by atoms with Crippen LogP contribution in [0.5, 0.6) is 0 Å². The molecule has 0 atom stereocenters. The van der Waals surface area contributed by atoms with Crippen LogP contribution in [-0.4, -0.2) is 22.9 Å². The predicted molar refractivity (Wildman–Crippen MR) is 60.9 cm³/mol. The number of nitrogens with zero attached hydrogens (tertiary/aromatic N) is 2. The molecule has 15 heavy (non-hydrogen) atoms. The molecule has 0 amide bonds. The zero-order valence-electron chi connectivity index (χ0n) is 9.59. The maximum Gasteiger partial charge on any atom is 0.359 e. The molecule has 5 heteroatoms. The Morgan fingerprint density at radius 2 is 2.00 bits per heavy atom. The van der Waals surface area contributed by atoms with Crippen LogP contribution in [0, 0.1) is 0 Å². The molecule has 0 saturated heterocycles. The van der Waals surface area contributed by atoms with E-state index in [4.69, 9.17) is 0 Å². The first-order valence-electron chi connectivity index (χ1n) is 4.60. The molecule has 0 spiro atoms. The molecule has 4 nitrogen and oxygen atoms in total. The van der Waals surface area contributed by atoms with Gasteiger partial charge < -0.3 is 4.74 Å². The summed E-state index contributed by atoms with van der Waals surface area (Å²) in [5.74, 6) is -0.423. The molecule has 0 N–H and O–H groups in total. The lowest BCUT2D eigenvalue weighted by Gasteiger charge is -2.19. The third-order valence-electron chi connectivity index (χ3n) is 2.08. The lowest BCUT2D eigenvalue weighted by Crippen LogP contribution is -2.16. The van der Waals surface area contributed by atoms with Crippen molar-refractivity contribution in [3.63, 3.8) is 0 Å². The van der Waals surface area contributed by atoms with Crippen molar-refractivity contribution < 1.29 is 9.53 Å². The number of esters is 1. The molecule has 0 saturated carbocycles. The van der Waals surface area contributed by atoms with E-state index in [-0.39, 0.29) is 5.41 Å². The highest BCUT2D eigenvalue weighted by Crippen LogP contribution is 2.31. The first kappa shape index (κ1) is 12.2. The van der Waals surface area contributed by atoms with Gasteiger partial charge in [-0.15, -0.1) is 0 Å². The highest BCUT2D eigenvalue weighted by Gasteiger charge is 2.27. The lowest BCUT2D eigenvalue weighted by atomic mass is 9.92. The van der Waals surface area contributed by atoms with E-state index in [1.165, 1.54) is 7.11 Å². The van der Waals surface area contributed by atoms with Crippen LogP contribution < -0.4 is 0 Å². The molecular weight excluding hydrogens is 260 g/mol. The number of carbonyl (C=O) groups excluding carboxylic acids is 1. The lowest BCUT2D eigenvalue weighted by molar-refractivity contribution is 0.0592. The quantitative estimate of drug-likeness (QED) is 0.738. The van der Waals surface area contributed by atoms with Crippen LogP contribution >= 0.6 is 15.9 Å². The molecule has 0 fully saturated rings. The van der Waals surface area contributed by atoms with Gasteiger partial charge in [0.1, 0.15) is 0 Å². The minimum absolute atomic E-state index is 0.0765. The highest BCUT2D eigenvalue weighted by molar-refractivity contribution is 9.10. The fraction of sp³-hybridized carbons (Fsp3) is 0.600. The highest BCUT2D eigenvalue weighted by atomic mass is 79.9. The van der Waals surface area contributed by atoms with Crippen LogP contribution in [0.25, 0.3) is 0 Å². The largest absolute Gasteiger partial charge is 0.464 e. The van der Waals surface area contributed by atoms with E-state index < -0.39 is 5.97 Å². The molecule has 0 radical (unpaired) electrons. The van der Waals surface area contributed by atoms with E-state index in [9.17, 15) is 4.79 Å². The van der Waals surface area contributed by atoms with Crippen molar-refractivity contribution in [1.82, 2.24) is 9.78 Å². The summed E-state index contributed by atoms with van der Waals surface area (Å²) < 4.78 is 7.07. The van der Waals surface area contributed by atoms with Gasteiger partial charge in [-0.25, -0.2) is 4.79 Å². The molecule has 84 valence electrons. The number of halogens is 1. The minimum Gasteiger partial charge on any atom is -0.464 e. The van der Waals surface area contributed by atoms with E-state index >= 15 is 0 Å². The van der Waals surface area contributed by atoms with Crippen molar-refractivity contribution in [2.45, 2.75) is 26.2 Å². The summed E-state index contributed by atoms with van der Waals surface area (Å²) in [6.45, 7) is 6.20. The van der Waals surface area contributed by atoms with E-state index in [1.54, 1.807) is 4.68 Å². The van der Waals surface area contributed by atoms with Crippen LogP contribution in [0.4, 0.5) is 0 Å². The summed E-state index contributed by atoms with van der Waals surface area (Å²) in [7, 11) is 3.16. The Kier molecular flexibility index (Phi) is 3.23. The minimum atomic E-state index is -0.423. The summed E-state index contributed by atoms with van der Waals surface area (Å²) in [5.41, 5.74) is 1.22. The van der Waals surface area contributed by atoms with Crippen LogP contribution in [0.15, 0.2) is 4.47 Å². The predicted octanol–water partition coefficient (Wildman–Crippen LogP) is 2.27. The maximum atomic E-state index is 11.4. The molecule has 1 rings (SSSR count). The number of aryl methyl sites for hydroxylation is 1. The van der Waals surface area contributed by atoms with Gasteiger partial charge in [0.25, 0.3) is 0 Å². The summed E-state index contributed by atoms with van der Waals surface area (Å²) in [6, 6.07) is 0. The van der Waals surface area contributed by atoms with Gasteiger partial charge >= 0.3 is 5.97 Å². The van der Waals surface area contributed by atoms with Crippen LogP contribution in [0.2, 0.25) is 0 Å². The first-order valence-corrected chi connectivity index (χ1v) is 5.39. The molecule has 0 aliphatic carbocycles. The Labute approximate surface area is 97.7 Å². The molecule has 0 bridgehead atoms. The Hall–Kier alpha value is -0.840. The molecule has 0 unspecified atom stereocenters. The zero-order valence-corrected chi connectivity index (χ0v) is 11.2. The normalized spacial score (nSPS) is 11.6. The summed E-state index contributed by atoms with van der Waals surface area (Å²) >= 11 is 3.40. The number of hydrogen-bond acceptors (Lipinski definition) is 3. The molecule has 0 aliphatic rings. The second-order valence-corrected chi connectivity index (χ2v) is 5.17. The third kappa shape index (κ3) is 2.22. The van der Waals surface area contributed by atoms with Gasteiger partial charge in [0.15, 0.2) is 5.69 Å². The van der Waals surface area contributed by atoms with Crippen molar-refractivity contribution in [3.8, 4) is 0 Å². The maximum absolute atomic E-state index is 11.4. The summed E-state index contributed by atoms with van der Waals surface area (Å²) in [5, 5.41) is 4.14. The number of carbonyl (C=O) groups is 1. The van der Waals surface area contributed by atoms with Crippen LogP contribution in [0.3, 0.4) is 0 Å². The van der Waals surface area contributed by atoms with Gasteiger partial charge in [0, 0.05) is 12.5 Å². The molecule has 1 aromatic heterocycles.